The molecule has 2 aromatic carbocycles. The largest absolute Gasteiger partial charge is 0.496 e. The second kappa shape index (κ2) is 10.4. The second-order valence-electron chi connectivity index (χ2n) is 8.65. The zero-order valence-corrected chi connectivity index (χ0v) is 20.7. The molecule has 1 fully saturated rings. The Labute approximate surface area is 213 Å². The van der Waals surface area contributed by atoms with Gasteiger partial charge in [-0.1, -0.05) is 42.5 Å². The third kappa shape index (κ3) is 5.07. The molecule has 3 aromatic rings. The number of rotatable bonds is 9. The van der Waals surface area contributed by atoms with Gasteiger partial charge in [-0.05, 0) is 55.5 Å². The lowest BCUT2D eigenvalue weighted by Gasteiger charge is -2.31. The molecule has 1 saturated carbocycles. The molecule has 1 aliphatic rings. The third-order valence-electron chi connectivity index (χ3n) is 6.20. The van der Waals surface area contributed by atoms with Crippen LogP contribution in [0.4, 0.5) is 9.52 Å². The normalized spacial score (nSPS) is 15.0. The van der Waals surface area contributed by atoms with Crippen molar-refractivity contribution < 1.29 is 18.4 Å². The number of aromatic nitrogens is 1. The highest BCUT2D eigenvalue weighted by Crippen LogP contribution is 2.44. The van der Waals surface area contributed by atoms with Gasteiger partial charge in [0.05, 0.1) is 39.7 Å². The van der Waals surface area contributed by atoms with Gasteiger partial charge in [0.1, 0.15) is 11.6 Å². The monoisotopic (exact) mass is 504 g/mol. The summed E-state index contributed by atoms with van der Waals surface area (Å²) in [6.07, 6.45) is 8.89. The van der Waals surface area contributed by atoms with E-state index in [0.717, 1.165) is 51.7 Å². The number of methoxy groups -OCH3 is 1. The van der Waals surface area contributed by atoms with Crippen LogP contribution in [0.3, 0.4) is 0 Å². The summed E-state index contributed by atoms with van der Waals surface area (Å²) in [5.41, 5.74) is 3.26. The van der Waals surface area contributed by atoms with Gasteiger partial charge in [-0.3, -0.25) is 0 Å². The summed E-state index contributed by atoms with van der Waals surface area (Å²) >= 11 is 8.08. The van der Waals surface area contributed by atoms with Crippen molar-refractivity contribution in [2.45, 2.75) is 45.8 Å². The third-order valence-corrected chi connectivity index (χ3v) is 7.52. The molecule has 0 unspecified atom stereocenters. The lowest BCUT2D eigenvalue weighted by atomic mass is 9.98. The van der Waals surface area contributed by atoms with E-state index in [9.17, 15) is 9.50 Å². The number of hydrogen-bond acceptors (Lipinski definition) is 5. The molecule has 1 heterocycles. The summed E-state index contributed by atoms with van der Waals surface area (Å²) < 4.78 is 34.6. The topological polar surface area (TPSA) is 45.6 Å². The number of benzene rings is 2. The van der Waals surface area contributed by atoms with Crippen LogP contribution in [0.1, 0.15) is 51.0 Å². The van der Waals surface area contributed by atoms with Gasteiger partial charge in [-0.2, -0.15) is 0 Å². The van der Waals surface area contributed by atoms with E-state index in [0.29, 0.717) is 23.2 Å². The van der Waals surface area contributed by atoms with Crippen LogP contribution in [-0.2, 0) is 6.61 Å². The average molecular weight is 505 g/mol. The molecule has 1 N–H and O–H groups in total. The van der Waals surface area contributed by atoms with Gasteiger partial charge in [0.15, 0.2) is 5.13 Å². The zero-order valence-electron chi connectivity index (χ0n) is 21.1. The number of thiazole rings is 1. The van der Waals surface area contributed by atoms with Crippen LogP contribution >= 0.6 is 22.9 Å². The SMILES string of the molecule is [2HH].[2H][13CH]([2H])Oc1cc(Cl)c(-c2nc(N(CC#C)[C@@H](CC3CC3)c3ccc(CO)c(F)c3)sc2C)cc1C. The maximum atomic E-state index is 14.6. The molecular weight excluding hydrogens is 472 g/mol. The maximum absolute atomic E-state index is 14.6. The second-order valence-corrected chi connectivity index (χ2v) is 10.2. The quantitative estimate of drug-likeness (QED) is 0.253. The summed E-state index contributed by atoms with van der Waals surface area (Å²) in [5.74, 6) is 3.25. The Hall–Kier alpha value is -2.59. The van der Waals surface area contributed by atoms with Gasteiger partial charge in [-0.25, -0.2) is 9.37 Å². The molecule has 0 saturated heterocycles. The fourth-order valence-electron chi connectivity index (χ4n) is 4.15. The Morgan fingerprint density at radius 1 is 1.41 bits per heavy atom. The minimum absolute atomic E-state index is 0. The lowest BCUT2D eigenvalue weighted by Crippen LogP contribution is -2.29. The number of nitrogens with zero attached hydrogens (tertiary/aromatic N) is 2. The van der Waals surface area contributed by atoms with Crippen LogP contribution in [0.15, 0.2) is 30.3 Å². The van der Waals surface area contributed by atoms with Gasteiger partial charge in [-0.15, -0.1) is 17.8 Å². The van der Waals surface area contributed by atoms with Crippen LogP contribution in [0.5, 0.6) is 5.75 Å². The summed E-state index contributed by atoms with van der Waals surface area (Å²) in [7, 11) is -1.45. The van der Waals surface area contributed by atoms with Gasteiger partial charge in [0, 0.05) is 17.4 Å². The van der Waals surface area contributed by atoms with Crippen molar-refractivity contribution in [3.05, 3.63) is 62.7 Å². The highest BCUT2D eigenvalue weighted by atomic mass is 35.5. The van der Waals surface area contributed by atoms with Crippen molar-refractivity contribution in [2.24, 2.45) is 5.92 Å². The number of hydrogen-bond donors (Lipinski definition) is 1. The molecule has 0 bridgehead atoms. The average Bonchev–Trinajstić information content (AvgIpc) is 3.57. The minimum atomic E-state index is -1.45. The molecule has 0 radical (unpaired) electrons. The van der Waals surface area contributed by atoms with Crippen molar-refractivity contribution in [1.82, 2.24) is 4.98 Å². The predicted octanol–water partition coefficient (Wildman–Crippen LogP) is 6.95. The maximum Gasteiger partial charge on any atom is 0.187 e. The van der Waals surface area contributed by atoms with E-state index in [-0.39, 0.29) is 19.6 Å². The highest BCUT2D eigenvalue weighted by Gasteiger charge is 2.32. The summed E-state index contributed by atoms with van der Waals surface area (Å²) in [5, 5.41) is 10.5. The number of aliphatic hydroxyl groups excluding tert-OH is 1. The number of aryl methyl sites for hydroxylation is 2. The zero-order chi connectivity index (χ0) is 26.0. The Balaban J connectivity index is 0.00000380. The van der Waals surface area contributed by atoms with E-state index in [1.165, 1.54) is 17.4 Å². The van der Waals surface area contributed by atoms with Crippen LogP contribution < -0.4 is 9.64 Å². The van der Waals surface area contributed by atoms with Crippen molar-refractivity contribution in [3.63, 3.8) is 0 Å². The molecule has 4 nitrogen and oxygen atoms in total. The van der Waals surface area contributed by atoms with E-state index in [1.807, 2.05) is 26.0 Å². The summed E-state index contributed by atoms with van der Waals surface area (Å²) in [6, 6.07) is 8.28. The van der Waals surface area contributed by atoms with Crippen LogP contribution in [0.25, 0.3) is 11.3 Å². The van der Waals surface area contributed by atoms with Crippen molar-refractivity contribution >= 4 is 28.1 Å². The molecular formula is C27H30ClFN2O2S. The van der Waals surface area contributed by atoms with E-state index in [1.54, 1.807) is 12.1 Å². The summed E-state index contributed by atoms with van der Waals surface area (Å²) in [6.45, 7) is 3.76. The molecule has 34 heavy (non-hydrogen) atoms. The van der Waals surface area contributed by atoms with Crippen LogP contribution in [-0.4, -0.2) is 23.7 Å². The molecule has 1 aliphatic carbocycles. The van der Waals surface area contributed by atoms with Crippen LogP contribution in [0, 0.1) is 37.9 Å². The fraction of sp³-hybridized carbons (Fsp3) is 0.370. The molecule has 7 heteroatoms. The standard InChI is InChI=1S/C27H28ClFN2O2S.H2/c1-5-10-31(24(12-18-6-7-18)19-8-9-20(15-32)23(29)13-19)27-30-26(17(3)34-27)21-11-16(2)25(33-4)14-22(21)28;/h1,8-9,11,13-14,18,24,32H,6-7,10,12,15H2,2-4H3;1H/t24-;/m0./s1/i4+1D2;1+1. The Bertz CT molecular complexity index is 1290. The first-order valence-electron chi connectivity index (χ1n) is 12.3. The van der Waals surface area contributed by atoms with Crippen LogP contribution in [0.2, 0.25) is 5.02 Å². The van der Waals surface area contributed by atoms with Gasteiger partial charge >= 0.3 is 0 Å². The first kappa shape index (κ1) is 21.9. The first-order valence-corrected chi connectivity index (χ1v) is 12.3. The highest BCUT2D eigenvalue weighted by molar-refractivity contribution is 7.16. The Morgan fingerprint density at radius 2 is 2.21 bits per heavy atom. The number of ether oxygens (including phenoxy) is 1. The van der Waals surface area contributed by atoms with E-state index >= 15 is 0 Å². The predicted molar refractivity (Wildman–Crippen MR) is 139 cm³/mol. The van der Waals surface area contributed by atoms with Crippen molar-refractivity contribution in [1.29, 1.82) is 0 Å². The molecule has 0 aliphatic heterocycles. The molecule has 0 spiro atoms. The molecule has 1 atom stereocenters. The van der Waals surface area contributed by atoms with E-state index in [2.05, 4.69) is 10.8 Å². The molecule has 1 aromatic heterocycles. The number of aliphatic hydroxyl groups is 1. The minimum Gasteiger partial charge on any atom is -0.496 e. The number of anilines is 1. The van der Waals surface area contributed by atoms with Gasteiger partial charge in [0.25, 0.3) is 0 Å². The molecule has 4 rings (SSSR count). The smallest absolute Gasteiger partial charge is 0.187 e. The fourth-order valence-corrected chi connectivity index (χ4v) is 5.36. The Morgan fingerprint density at radius 3 is 2.85 bits per heavy atom. The van der Waals surface area contributed by atoms with E-state index in [4.69, 9.17) is 30.5 Å². The molecule has 180 valence electrons. The Kier molecular flexibility index (Phi) is 6.67. The lowest BCUT2D eigenvalue weighted by molar-refractivity contribution is 0.275. The number of terminal acetylenes is 1. The first-order chi connectivity index (χ1) is 17.2. The summed E-state index contributed by atoms with van der Waals surface area (Å²) in [4.78, 5) is 7.94. The van der Waals surface area contributed by atoms with E-state index < -0.39 is 12.9 Å². The molecule has 0 amide bonds. The van der Waals surface area contributed by atoms with Crippen molar-refractivity contribution in [2.75, 3.05) is 18.5 Å². The van der Waals surface area contributed by atoms with Gasteiger partial charge in [0.2, 0.25) is 0 Å². The van der Waals surface area contributed by atoms with Gasteiger partial charge < -0.3 is 14.7 Å². The van der Waals surface area contributed by atoms with Crippen molar-refractivity contribution in [3.8, 4) is 29.4 Å². The number of halogens is 2.